The van der Waals surface area contributed by atoms with Crippen LogP contribution in [0.15, 0.2) is 4.99 Å². The Morgan fingerprint density at radius 1 is 1.40 bits per heavy atom. The molecule has 0 bridgehead atoms. The molecule has 0 radical (unpaired) electrons. The molecule has 2 aliphatic heterocycles. The zero-order valence-corrected chi connectivity index (χ0v) is 13.5. The summed E-state index contributed by atoms with van der Waals surface area (Å²) in [5.74, 6) is -0.244. The molecular formula is C13H24N2O4S. The summed E-state index contributed by atoms with van der Waals surface area (Å²) >= 11 is 1.51. The van der Waals surface area contributed by atoms with Gasteiger partial charge in [0.15, 0.2) is 11.0 Å². The summed E-state index contributed by atoms with van der Waals surface area (Å²) in [6, 6.07) is 0. The van der Waals surface area contributed by atoms with Crippen LogP contribution in [0.5, 0.6) is 0 Å². The number of hydrogen-bond donors (Lipinski definition) is 1. The zero-order chi connectivity index (χ0) is 14.9. The van der Waals surface area contributed by atoms with Crippen molar-refractivity contribution in [1.29, 1.82) is 0 Å². The lowest BCUT2D eigenvalue weighted by Crippen LogP contribution is -2.44. The van der Waals surface area contributed by atoms with E-state index in [2.05, 4.69) is 4.99 Å². The molecule has 1 saturated heterocycles. The van der Waals surface area contributed by atoms with Crippen molar-refractivity contribution in [3.05, 3.63) is 0 Å². The summed E-state index contributed by atoms with van der Waals surface area (Å²) in [6.07, 6.45) is -1.55. The minimum atomic E-state index is -0.675. The molecule has 6 nitrogen and oxygen atoms in total. The molecule has 0 aliphatic carbocycles. The van der Waals surface area contributed by atoms with Gasteiger partial charge in [0.2, 0.25) is 0 Å². The van der Waals surface area contributed by atoms with E-state index in [1.54, 1.807) is 6.92 Å². The van der Waals surface area contributed by atoms with Crippen LogP contribution in [0.25, 0.3) is 0 Å². The van der Waals surface area contributed by atoms with E-state index in [9.17, 15) is 5.11 Å². The molecule has 7 heteroatoms. The van der Waals surface area contributed by atoms with Gasteiger partial charge < -0.3 is 24.2 Å². The van der Waals surface area contributed by atoms with Crippen molar-refractivity contribution in [3.8, 4) is 0 Å². The number of nitrogens with zero attached hydrogens (tertiary/aromatic N) is 2. The average Bonchev–Trinajstić information content (AvgIpc) is 2.64. The number of aliphatic hydroxyl groups is 1. The Hall–Kier alpha value is -0.340. The van der Waals surface area contributed by atoms with Crippen LogP contribution < -0.4 is 0 Å². The third-order valence-electron chi connectivity index (χ3n) is 3.26. The lowest BCUT2D eigenvalue weighted by Gasteiger charge is -2.27. The molecule has 0 spiro atoms. The zero-order valence-electron chi connectivity index (χ0n) is 12.7. The number of thioether (sulfide) groups is 1. The van der Waals surface area contributed by atoms with Crippen LogP contribution in [0.1, 0.15) is 20.8 Å². The van der Waals surface area contributed by atoms with Crippen LogP contribution in [0.4, 0.5) is 0 Å². The van der Waals surface area contributed by atoms with Gasteiger partial charge in [-0.05, 0) is 20.8 Å². The smallest absolute Gasteiger partial charge is 0.163 e. The second-order valence-electron chi connectivity index (χ2n) is 5.79. The highest BCUT2D eigenvalue weighted by Gasteiger charge is 2.47. The third-order valence-corrected chi connectivity index (χ3v) is 4.26. The summed E-state index contributed by atoms with van der Waals surface area (Å²) in [5.41, 5.74) is 0. The molecule has 2 rings (SSSR count). The summed E-state index contributed by atoms with van der Waals surface area (Å²) in [4.78, 5) is 6.53. The maximum absolute atomic E-state index is 9.96. The van der Waals surface area contributed by atoms with E-state index in [-0.39, 0.29) is 12.2 Å². The normalized spacial score (nSPS) is 35.3. The van der Waals surface area contributed by atoms with Crippen molar-refractivity contribution in [3.63, 3.8) is 0 Å². The molecule has 20 heavy (non-hydrogen) atoms. The minimum Gasteiger partial charge on any atom is -0.391 e. The van der Waals surface area contributed by atoms with Gasteiger partial charge in [-0.3, -0.25) is 4.99 Å². The largest absolute Gasteiger partial charge is 0.391 e. The summed E-state index contributed by atoms with van der Waals surface area (Å²) < 4.78 is 17.6. The number of aliphatic imine (C=N–C) groups is 1. The van der Waals surface area contributed by atoms with Gasteiger partial charge in [0.25, 0.3) is 0 Å². The number of rotatable bonds is 1. The van der Waals surface area contributed by atoms with Gasteiger partial charge in [-0.1, -0.05) is 11.8 Å². The number of aliphatic hydroxyl groups excluding tert-OH is 1. The van der Waals surface area contributed by atoms with Gasteiger partial charge in [-0.15, -0.1) is 0 Å². The number of fused-ring (bicyclic) bond motifs is 1. The van der Waals surface area contributed by atoms with E-state index in [4.69, 9.17) is 14.2 Å². The van der Waals surface area contributed by atoms with Gasteiger partial charge in [-0.2, -0.15) is 0 Å². The van der Waals surface area contributed by atoms with Crippen LogP contribution in [-0.2, 0) is 14.2 Å². The van der Waals surface area contributed by atoms with E-state index in [1.807, 2.05) is 32.8 Å². The van der Waals surface area contributed by atoms with Gasteiger partial charge >= 0.3 is 0 Å². The fourth-order valence-corrected chi connectivity index (χ4v) is 3.20. The number of ether oxygens (including phenoxy) is 3. The molecule has 0 aromatic heterocycles. The first-order chi connectivity index (χ1) is 9.30. The van der Waals surface area contributed by atoms with Gasteiger partial charge in [-0.25, -0.2) is 0 Å². The molecule has 4 atom stereocenters. The van der Waals surface area contributed by atoms with Crippen LogP contribution in [0.3, 0.4) is 0 Å². The van der Waals surface area contributed by atoms with Crippen LogP contribution >= 0.6 is 11.8 Å². The van der Waals surface area contributed by atoms with Crippen molar-refractivity contribution < 1.29 is 19.3 Å². The molecule has 1 N–H and O–H groups in total. The molecule has 116 valence electrons. The quantitative estimate of drug-likeness (QED) is 0.776. The molecule has 1 fully saturated rings. The van der Waals surface area contributed by atoms with Gasteiger partial charge in [0.05, 0.1) is 12.6 Å². The standard InChI is InChI=1S/C13H24N2O4S/c1-8(16)10-11-9(18-13(2,3)19-11)6-14-12(15(4)5)20-7-17-10/h8-11,16H,6-7H2,1-5H3/t8-,9-,10-,11+/m1/s1. The fraction of sp³-hybridized carbons (Fsp3) is 0.923. The Bertz CT molecular complexity index is 373. The second-order valence-corrected chi connectivity index (χ2v) is 6.68. The number of hydrogen-bond acceptors (Lipinski definition) is 7. The Morgan fingerprint density at radius 2 is 2.10 bits per heavy atom. The highest BCUT2D eigenvalue weighted by atomic mass is 32.2. The lowest BCUT2D eigenvalue weighted by molar-refractivity contribution is -0.165. The highest BCUT2D eigenvalue weighted by Crippen LogP contribution is 2.33. The topological polar surface area (TPSA) is 63.5 Å². The maximum Gasteiger partial charge on any atom is 0.163 e. The SMILES string of the molecule is C[C@@H](O)[C@H]1OCSC(N(C)C)=NC[C@H]2OC(C)(C)O[C@H]12. The average molecular weight is 304 g/mol. The van der Waals surface area contributed by atoms with Crippen molar-refractivity contribution in [1.82, 2.24) is 4.90 Å². The van der Waals surface area contributed by atoms with Crippen molar-refractivity contribution in [2.75, 3.05) is 26.6 Å². The van der Waals surface area contributed by atoms with Gasteiger partial charge in [0.1, 0.15) is 24.3 Å². The first-order valence-corrected chi connectivity index (χ1v) is 7.78. The molecule has 2 heterocycles. The van der Waals surface area contributed by atoms with Crippen LogP contribution in [-0.4, -0.2) is 72.0 Å². The molecule has 0 aromatic carbocycles. The second kappa shape index (κ2) is 6.19. The van der Waals surface area contributed by atoms with E-state index in [1.165, 1.54) is 11.8 Å². The third kappa shape index (κ3) is 3.65. The molecule has 2 aliphatic rings. The van der Waals surface area contributed by atoms with Crippen LogP contribution in [0, 0.1) is 0 Å². The van der Waals surface area contributed by atoms with Crippen molar-refractivity contribution >= 4 is 16.9 Å². The molecule has 0 aromatic rings. The van der Waals surface area contributed by atoms with E-state index in [0.29, 0.717) is 12.5 Å². The molecule has 0 unspecified atom stereocenters. The Kier molecular flexibility index (Phi) is 4.96. The summed E-state index contributed by atoms with van der Waals surface area (Å²) in [7, 11) is 3.90. The predicted molar refractivity (Wildman–Crippen MR) is 78.8 cm³/mol. The molecule has 0 saturated carbocycles. The Labute approximate surface area is 124 Å². The van der Waals surface area contributed by atoms with E-state index in [0.717, 1.165) is 5.17 Å². The molecular weight excluding hydrogens is 280 g/mol. The lowest BCUT2D eigenvalue weighted by atomic mass is 10.0. The Balaban J connectivity index is 2.21. The predicted octanol–water partition coefficient (Wildman–Crippen LogP) is 0.894. The summed E-state index contributed by atoms with van der Waals surface area (Å²) in [6.45, 7) is 5.96. The van der Waals surface area contributed by atoms with Crippen molar-refractivity contribution in [2.24, 2.45) is 4.99 Å². The van der Waals surface area contributed by atoms with Gasteiger partial charge in [0, 0.05) is 14.1 Å². The highest BCUT2D eigenvalue weighted by molar-refractivity contribution is 8.13. The first kappa shape index (κ1) is 16.0. The summed E-state index contributed by atoms with van der Waals surface area (Å²) in [5, 5.41) is 10.9. The maximum atomic E-state index is 9.96. The fourth-order valence-electron chi connectivity index (χ4n) is 2.44. The Morgan fingerprint density at radius 3 is 2.70 bits per heavy atom. The van der Waals surface area contributed by atoms with E-state index >= 15 is 0 Å². The monoisotopic (exact) mass is 304 g/mol. The minimum absolute atomic E-state index is 0.210. The molecule has 0 amide bonds. The van der Waals surface area contributed by atoms with Crippen LogP contribution in [0.2, 0.25) is 0 Å². The van der Waals surface area contributed by atoms with Crippen molar-refractivity contribution in [2.45, 2.75) is 51.0 Å². The first-order valence-electron chi connectivity index (χ1n) is 6.80. The van der Waals surface area contributed by atoms with E-state index < -0.39 is 18.0 Å². The number of amidine groups is 1.